The molecule has 1 aromatic rings. The monoisotopic (exact) mass is 162 g/mol. The Kier molecular flexibility index (Phi) is 1.54. The normalized spacial score (nSPS) is 13.9. The van der Waals surface area contributed by atoms with E-state index >= 15 is 0 Å². The second kappa shape index (κ2) is 2.55. The van der Waals surface area contributed by atoms with Crippen molar-refractivity contribution < 1.29 is 9.18 Å². The van der Waals surface area contributed by atoms with E-state index in [-0.39, 0.29) is 5.82 Å². The standard InChI is InChI=1S/C10H7FO/c11-10-2-1-8-3-7(6-12)4-9(8)5-10/h1-2,4-6H,3H2. The summed E-state index contributed by atoms with van der Waals surface area (Å²) in [6, 6.07) is 4.59. The van der Waals surface area contributed by atoms with E-state index in [2.05, 4.69) is 0 Å². The Balaban J connectivity index is 2.48. The van der Waals surface area contributed by atoms with E-state index in [1.807, 2.05) is 0 Å². The van der Waals surface area contributed by atoms with Gasteiger partial charge in [-0.25, -0.2) is 4.39 Å². The van der Waals surface area contributed by atoms with Crippen molar-refractivity contribution in [2.75, 3.05) is 0 Å². The van der Waals surface area contributed by atoms with Crippen LogP contribution in [-0.4, -0.2) is 6.29 Å². The Morgan fingerprint density at radius 2 is 2.25 bits per heavy atom. The van der Waals surface area contributed by atoms with Crippen molar-refractivity contribution in [3.8, 4) is 0 Å². The lowest BCUT2D eigenvalue weighted by Gasteiger charge is -1.95. The molecule has 1 aliphatic carbocycles. The van der Waals surface area contributed by atoms with E-state index < -0.39 is 0 Å². The number of halogens is 1. The van der Waals surface area contributed by atoms with E-state index in [4.69, 9.17) is 0 Å². The molecule has 0 atom stereocenters. The first-order valence-corrected chi connectivity index (χ1v) is 3.74. The molecule has 0 spiro atoms. The molecule has 60 valence electrons. The number of fused-ring (bicyclic) bond motifs is 1. The lowest BCUT2D eigenvalue weighted by atomic mass is 10.1. The molecule has 1 aliphatic rings. The summed E-state index contributed by atoms with van der Waals surface area (Å²) in [7, 11) is 0. The van der Waals surface area contributed by atoms with E-state index in [1.165, 1.54) is 12.1 Å². The van der Waals surface area contributed by atoms with Crippen molar-refractivity contribution in [2.45, 2.75) is 6.42 Å². The van der Waals surface area contributed by atoms with Crippen molar-refractivity contribution in [3.63, 3.8) is 0 Å². The molecule has 2 rings (SSSR count). The summed E-state index contributed by atoms with van der Waals surface area (Å²) in [6.45, 7) is 0. The van der Waals surface area contributed by atoms with Crippen LogP contribution in [0.15, 0.2) is 23.8 Å². The summed E-state index contributed by atoms with van der Waals surface area (Å²) < 4.78 is 12.7. The summed E-state index contributed by atoms with van der Waals surface area (Å²) in [5.41, 5.74) is 2.58. The highest BCUT2D eigenvalue weighted by Crippen LogP contribution is 2.24. The number of carbonyl (C=O) groups is 1. The Morgan fingerprint density at radius 3 is 3.00 bits per heavy atom. The predicted molar refractivity (Wildman–Crippen MR) is 44.1 cm³/mol. The lowest BCUT2D eigenvalue weighted by molar-refractivity contribution is -0.104. The summed E-state index contributed by atoms with van der Waals surface area (Å²) in [5, 5.41) is 0. The van der Waals surface area contributed by atoms with E-state index in [0.717, 1.165) is 23.0 Å². The maximum atomic E-state index is 12.7. The van der Waals surface area contributed by atoms with Crippen LogP contribution in [-0.2, 0) is 11.2 Å². The number of rotatable bonds is 1. The molecule has 0 bridgehead atoms. The lowest BCUT2D eigenvalue weighted by Crippen LogP contribution is -1.85. The van der Waals surface area contributed by atoms with Gasteiger partial charge in [0.05, 0.1) is 0 Å². The van der Waals surface area contributed by atoms with Crippen molar-refractivity contribution in [3.05, 3.63) is 40.7 Å². The Labute approximate surface area is 69.5 Å². The summed E-state index contributed by atoms with van der Waals surface area (Å²) in [5.74, 6) is -0.253. The summed E-state index contributed by atoms with van der Waals surface area (Å²) >= 11 is 0. The molecule has 0 fully saturated rings. The van der Waals surface area contributed by atoms with Gasteiger partial charge in [0.1, 0.15) is 12.1 Å². The molecule has 1 aromatic carbocycles. The fourth-order valence-electron chi connectivity index (χ4n) is 1.41. The van der Waals surface area contributed by atoms with Gasteiger partial charge in [-0.3, -0.25) is 4.79 Å². The molecule has 12 heavy (non-hydrogen) atoms. The third-order valence-electron chi connectivity index (χ3n) is 1.99. The van der Waals surface area contributed by atoms with Crippen LogP contribution < -0.4 is 0 Å². The third-order valence-corrected chi connectivity index (χ3v) is 1.99. The quantitative estimate of drug-likeness (QED) is 0.577. The highest BCUT2D eigenvalue weighted by molar-refractivity contribution is 5.86. The number of benzene rings is 1. The molecule has 0 N–H and O–H groups in total. The minimum absolute atomic E-state index is 0.253. The Bertz CT molecular complexity index is 366. The molecule has 0 aliphatic heterocycles. The molecule has 0 heterocycles. The number of hydrogen-bond acceptors (Lipinski definition) is 1. The summed E-state index contributed by atoms with van der Waals surface area (Å²) in [4.78, 5) is 10.4. The van der Waals surface area contributed by atoms with Crippen LogP contribution in [0.2, 0.25) is 0 Å². The van der Waals surface area contributed by atoms with E-state index in [0.29, 0.717) is 6.42 Å². The van der Waals surface area contributed by atoms with E-state index in [9.17, 15) is 9.18 Å². The van der Waals surface area contributed by atoms with E-state index in [1.54, 1.807) is 12.1 Å². The highest BCUT2D eigenvalue weighted by atomic mass is 19.1. The summed E-state index contributed by atoms with van der Waals surface area (Å²) in [6.07, 6.45) is 3.18. The van der Waals surface area contributed by atoms with Gasteiger partial charge in [-0.15, -0.1) is 0 Å². The molecule has 0 unspecified atom stereocenters. The van der Waals surface area contributed by atoms with Gasteiger partial charge < -0.3 is 0 Å². The zero-order valence-electron chi connectivity index (χ0n) is 6.38. The fourth-order valence-corrected chi connectivity index (χ4v) is 1.41. The Hall–Kier alpha value is -1.44. The molecule has 0 saturated carbocycles. The van der Waals surface area contributed by atoms with Gasteiger partial charge in [0.15, 0.2) is 0 Å². The van der Waals surface area contributed by atoms with Crippen molar-refractivity contribution in [2.24, 2.45) is 0 Å². The zero-order chi connectivity index (χ0) is 8.55. The average molecular weight is 162 g/mol. The van der Waals surface area contributed by atoms with Crippen LogP contribution in [0.5, 0.6) is 0 Å². The molecule has 0 amide bonds. The SMILES string of the molecule is O=CC1=Cc2cc(F)ccc2C1. The van der Waals surface area contributed by atoms with Crippen LogP contribution in [0.3, 0.4) is 0 Å². The molecule has 1 nitrogen and oxygen atoms in total. The number of hydrogen-bond donors (Lipinski definition) is 0. The van der Waals surface area contributed by atoms with Crippen LogP contribution in [0.25, 0.3) is 6.08 Å². The van der Waals surface area contributed by atoms with Crippen molar-refractivity contribution in [1.82, 2.24) is 0 Å². The smallest absolute Gasteiger partial charge is 0.146 e. The largest absolute Gasteiger partial charge is 0.298 e. The van der Waals surface area contributed by atoms with Gasteiger partial charge in [-0.05, 0) is 34.9 Å². The second-order valence-electron chi connectivity index (χ2n) is 2.86. The number of carbonyl (C=O) groups excluding carboxylic acids is 1. The van der Waals surface area contributed by atoms with Gasteiger partial charge in [0.2, 0.25) is 0 Å². The first-order chi connectivity index (χ1) is 5.79. The molecule has 2 heteroatoms. The highest BCUT2D eigenvalue weighted by Gasteiger charge is 2.11. The number of aldehydes is 1. The van der Waals surface area contributed by atoms with Crippen LogP contribution in [0.4, 0.5) is 4.39 Å². The maximum Gasteiger partial charge on any atom is 0.146 e. The average Bonchev–Trinajstić information content (AvgIpc) is 2.46. The van der Waals surface area contributed by atoms with Crippen LogP contribution >= 0.6 is 0 Å². The fraction of sp³-hybridized carbons (Fsp3) is 0.100. The van der Waals surface area contributed by atoms with Crippen LogP contribution in [0, 0.1) is 5.82 Å². The maximum absolute atomic E-state index is 12.7. The first kappa shape index (κ1) is 7.22. The van der Waals surface area contributed by atoms with Crippen molar-refractivity contribution in [1.29, 1.82) is 0 Å². The van der Waals surface area contributed by atoms with Gasteiger partial charge in [-0.2, -0.15) is 0 Å². The minimum Gasteiger partial charge on any atom is -0.298 e. The topological polar surface area (TPSA) is 17.1 Å². The van der Waals surface area contributed by atoms with Crippen molar-refractivity contribution >= 4 is 12.4 Å². The zero-order valence-corrected chi connectivity index (χ0v) is 6.38. The van der Waals surface area contributed by atoms with Crippen LogP contribution in [0.1, 0.15) is 11.1 Å². The van der Waals surface area contributed by atoms with Gasteiger partial charge >= 0.3 is 0 Å². The minimum atomic E-state index is -0.253. The molecular formula is C10H7FO. The first-order valence-electron chi connectivity index (χ1n) is 3.74. The Morgan fingerprint density at radius 1 is 1.42 bits per heavy atom. The van der Waals surface area contributed by atoms with Gasteiger partial charge in [0, 0.05) is 6.42 Å². The van der Waals surface area contributed by atoms with Gasteiger partial charge in [0.25, 0.3) is 0 Å². The molecule has 0 radical (unpaired) electrons. The third kappa shape index (κ3) is 1.05. The molecular weight excluding hydrogens is 155 g/mol. The molecule has 0 aromatic heterocycles. The molecule has 0 saturated heterocycles. The van der Waals surface area contributed by atoms with Gasteiger partial charge in [-0.1, -0.05) is 6.07 Å². The predicted octanol–water partition coefficient (Wildman–Crippen LogP) is 1.96. The second-order valence-corrected chi connectivity index (χ2v) is 2.86. The number of allylic oxidation sites excluding steroid dienone is 1.